The highest BCUT2D eigenvalue weighted by Crippen LogP contribution is 2.43. The molecule has 1 aromatic carbocycles. The summed E-state index contributed by atoms with van der Waals surface area (Å²) in [6, 6.07) is 5.95. The van der Waals surface area contributed by atoms with Gasteiger partial charge >= 0.3 is 0 Å². The Morgan fingerprint density at radius 1 is 1.15 bits per heavy atom. The fraction of sp³-hybridized carbons (Fsp3) is 0.625. The molecule has 0 heterocycles. The quantitative estimate of drug-likeness (QED) is 0.879. The first-order valence-corrected chi connectivity index (χ1v) is 8.06. The highest BCUT2D eigenvalue weighted by Gasteiger charge is 2.42. The fourth-order valence-corrected chi connectivity index (χ4v) is 4.01. The van der Waals surface area contributed by atoms with Crippen LogP contribution in [0.2, 0.25) is 10.0 Å². The lowest BCUT2D eigenvalue weighted by Crippen LogP contribution is -2.54. The van der Waals surface area contributed by atoms with Crippen molar-refractivity contribution < 1.29 is 0 Å². The highest BCUT2D eigenvalue weighted by molar-refractivity contribution is 6.33. The van der Waals surface area contributed by atoms with Gasteiger partial charge in [-0.3, -0.25) is 0 Å². The van der Waals surface area contributed by atoms with E-state index in [0.29, 0.717) is 0 Å². The standard InChI is InChI=1S/C16H24Cl2N2/c1-19-15(13-11-12(17)7-8-14(13)18)16(20(2)3)9-5-4-6-10-16/h7-8,11,15,19H,4-6,9-10H2,1-3H3. The first-order chi connectivity index (χ1) is 9.51. The van der Waals surface area contributed by atoms with Crippen LogP contribution in [-0.2, 0) is 0 Å². The van der Waals surface area contributed by atoms with Crippen molar-refractivity contribution >= 4 is 23.2 Å². The largest absolute Gasteiger partial charge is 0.311 e. The summed E-state index contributed by atoms with van der Waals surface area (Å²) in [6.45, 7) is 0. The van der Waals surface area contributed by atoms with E-state index in [-0.39, 0.29) is 11.6 Å². The van der Waals surface area contributed by atoms with E-state index >= 15 is 0 Å². The summed E-state index contributed by atoms with van der Waals surface area (Å²) < 4.78 is 0. The zero-order chi connectivity index (χ0) is 14.8. The van der Waals surface area contributed by atoms with Crippen molar-refractivity contribution in [3.05, 3.63) is 33.8 Å². The summed E-state index contributed by atoms with van der Waals surface area (Å²) in [5, 5.41) is 5.03. The van der Waals surface area contributed by atoms with Crippen molar-refractivity contribution in [1.82, 2.24) is 10.2 Å². The molecule has 0 bridgehead atoms. The maximum absolute atomic E-state index is 6.44. The zero-order valence-electron chi connectivity index (χ0n) is 12.5. The van der Waals surface area contributed by atoms with Gasteiger partial charge in [-0.25, -0.2) is 0 Å². The van der Waals surface area contributed by atoms with E-state index in [9.17, 15) is 0 Å². The van der Waals surface area contributed by atoms with Crippen molar-refractivity contribution in [2.75, 3.05) is 21.1 Å². The van der Waals surface area contributed by atoms with E-state index in [1.54, 1.807) is 0 Å². The Kier molecular flexibility index (Phi) is 5.36. The van der Waals surface area contributed by atoms with Crippen LogP contribution in [0, 0.1) is 0 Å². The topological polar surface area (TPSA) is 15.3 Å². The molecule has 0 amide bonds. The molecule has 1 aliphatic rings. The molecule has 0 spiro atoms. The number of nitrogens with one attached hydrogen (secondary N) is 1. The second kappa shape index (κ2) is 6.65. The van der Waals surface area contributed by atoms with Crippen LogP contribution in [0.5, 0.6) is 0 Å². The van der Waals surface area contributed by atoms with E-state index in [1.165, 1.54) is 32.1 Å². The predicted molar refractivity (Wildman–Crippen MR) is 87.8 cm³/mol. The van der Waals surface area contributed by atoms with E-state index < -0.39 is 0 Å². The van der Waals surface area contributed by atoms with Gasteiger partial charge in [0.15, 0.2) is 0 Å². The Morgan fingerprint density at radius 2 is 1.80 bits per heavy atom. The maximum atomic E-state index is 6.44. The Bertz CT molecular complexity index is 454. The molecule has 4 heteroatoms. The Balaban J connectivity index is 2.45. The van der Waals surface area contributed by atoms with E-state index in [0.717, 1.165) is 15.6 Å². The fourth-order valence-electron chi connectivity index (χ4n) is 3.61. The molecule has 20 heavy (non-hydrogen) atoms. The first-order valence-electron chi connectivity index (χ1n) is 7.31. The third-order valence-electron chi connectivity index (χ3n) is 4.71. The van der Waals surface area contributed by atoms with Crippen LogP contribution in [0.3, 0.4) is 0 Å². The van der Waals surface area contributed by atoms with Crippen molar-refractivity contribution in [2.24, 2.45) is 0 Å². The van der Waals surface area contributed by atoms with Crippen molar-refractivity contribution in [1.29, 1.82) is 0 Å². The van der Waals surface area contributed by atoms with Gasteiger partial charge in [-0.1, -0.05) is 42.5 Å². The van der Waals surface area contributed by atoms with Gasteiger partial charge in [-0.05, 0) is 57.7 Å². The lowest BCUT2D eigenvalue weighted by atomic mass is 9.73. The molecule has 0 aromatic heterocycles. The van der Waals surface area contributed by atoms with Gasteiger partial charge in [0.1, 0.15) is 0 Å². The second-order valence-corrected chi connectivity index (χ2v) is 6.79. The third kappa shape index (κ3) is 2.99. The number of halogens is 2. The van der Waals surface area contributed by atoms with Gasteiger partial charge < -0.3 is 10.2 Å². The van der Waals surface area contributed by atoms with Crippen LogP contribution in [-0.4, -0.2) is 31.6 Å². The van der Waals surface area contributed by atoms with Gasteiger partial charge in [0, 0.05) is 15.6 Å². The van der Waals surface area contributed by atoms with E-state index in [4.69, 9.17) is 23.2 Å². The highest BCUT2D eigenvalue weighted by atomic mass is 35.5. The molecule has 112 valence electrons. The molecule has 1 atom stereocenters. The molecule has 0 radical (unpaired) electrons. The van der Waals surface area contributed by atoms with Gasteiger partial charge in [0.25, 0.3) is 0 Å². The third-order valence-corrected chi connectivity index (χ3v) is 5.28. The van der Waals surface area contributed by atoms with Crippen LogP contribution in [0.4, 0.5) is 0 Å². The smallest absolute Gasteiger partial charge is 0.0519 e. The van der Waals surface area contributed by atoms with Gasteiger partial charge in [-0.15, -0.1) is 0 Å². The minimum absolute atomic E-state index is 0.112. The average Bonchev–Trinajstić information content (AvgIpc) is 2.44. The lowest BCUT2D eigenvalue weighted by molar-refractivity contribution is 0.0594. The molecule has 2 rings (SSSR count). The Hall–Kier alpha value is -0.280. The lowest BCUT2D eigenvalue weighted by Gasteiger charge is -2.49. The van der Waals surface area contributed by atoms with Gasteiger partial charge in [0.05, 0.1) is 6.04 Å². The molecule has 1 N–H and O–H groups in total. The van der Waals surface area contributed by atoms with Crippen LogP contribution in [0.1, 0.15) is 43.7 Å². The SMILES string of the molecule is CNC(c1cc(Cl)ccc1Cl)C1(N(C)C)CCCCC1. The molecule has 1 aromatic rings. The summed E-state index contributed by atoms with van der Waals surface area (Å²) in [5.41, 5.74) is 1.22. The summed E-state index contributed by atoms with van der Waals surface area (Å²) in [7, 11) is 6.37. The molecular formula is C16H24Cl2N2. The monoisotopic (exact) mass is 314 g/mol. The molecule has 1 saturated carbocycles. The normalized spacial score (nSPS) is 20.1. The number of rotatable bonds is 4. The molecule has 0 aliphatic heterocycles. The summed E-state index contributed by atoms with van der Waals surface area (Å²) in [6.07, 6.45) is 6.25. The van der Waals surface area contributed by atoms with Crippen LogP contribution in [0.15, 0.2) is 18.2 Å². The zero-order valence-corrected chi connectivity index (χ0v) is 14.1. The van der Waals surface area contributed by atoms with Crippen LogP contribution < -0.4 is 5.32 Å². The molecule has 1 aliphatic carbocycles. The molecule has 2 nitrogen and oxygen atoms in total. The second-order valence-electron chi connectivity index (χ2n) is 5.95. The average molecular weight is 315 g/mol. The Labute approximate surface area is 132 Å². The van der Waals surface area contributed by atoms with Gasteiger partial charge in [0.2, 0.25) is 0 Å². The minimum Gasteiger partial charge on any atom is -0.311 e. The molecule has 1 fully saturated rings. The minimum atomic E-state index is 0.112. The van der Waals surface area contributed by atoms with Crippen LogP contribution in [0.25, 0.3) is 0 Å². The predicted octanol–water partition coefficient (Wildman–Crippen LogP) is 4.52. The van der Waals surface area contributed by atoms with Gasteiger partial charge in [-0.2, -0.15) is 0 Å². The summed E-state index contributed by atoms with van der Waals surface area (Å²) in [5.74, 6) is 0. The number of benzene rings is 1. The summed E-state index contributed by atoms with van der Waals surface area (Å²) in [4.78, 5) is 2.37. The van der Waals surface area contributed by atoms with Crippen molar-refractivity contribution in [3.8, 4) is 0 Å². The molecule has 0 saturated heterocycles. The van der Waals surface area contributed by atoms with Crippen molar-refractivity contribution in [2.45, 2.75) is 43.7 Å². The number of hydrogen-bond acceptors (Lipinski definition) is 2. The first kappa shape index (κ1) is 16.1. The van der Waals surface area contributed by atoms with E-state index in [2.05, 4.69) is 24.3 Å². The molecule has 1 unspecified atom stereocenters. The number of likely N-dealkylation sites (N-methyl/N-ethyl adjacent to an activating group) is 2. The van der Waals surface area contributed by atoms with Crippen molar-refractivity contribution in [3.63, 3.8) is 0 Å². The Morgan fingerprint density at radius 3 is 2.35 bits per heavy atom. The van der Waals surface area contributed by atoms with Crippen LogP contribution >= 0.6 is 23.2 Å². The molecular weight excluding hydrogens is 291 g/mol. The number of nitrogens with zero attached hydrogens (tertiary/aromatic N) is 1. The van der Waals surface area contributed by atoms with E-state index in [1.807, 2.05) is 25.2 Å². The number of hydrogen-bond donors (Lipinski definition) is 1. The summed E-state index contributed by atoms with van der Waals surface area (Å²) >= 11 is 12.6. The maximum Gasteiger partial charge on any atom is 0.0519 e.